The molecular weight excluding hydrogens is 424 g/mol. The number of piperidine rings is 1. The molecule has 0 aliphatic carbocycles. The van der Waals surface area contributed by atoms with Gasteiger partial charge >= 0.3 is 0 Å². The van der Waals surface area contributed by atoms with Crippen molar-refractivity contribution < 1.29 is 9.59 Å². The summed E-state index contributed by atoms with van der Waals surface area (Å²) >= 11 is 0. The fourth-order valence-corrected chi connectivity index (χ4v) is 4.57. The van der Waals surface area contributed by atoms with E-state index in [2.05, 4.69) is 22.5 Å². The molecule has 6 nitrogen and oxygen atoms in total. The van der Waals surface area contributed by atoms with E-state index in [1.165, 1.54) is 12.8 Å². The van der Waals surface area contributed by atoms with Gasteiger partial charge in [-0.25, -0.2) is 4.98 Å². The zero-order chi connectivity index (χ0) is 23.9. The number of hydrogen-bond donors (Lipinski definition) is 2. The van der Waals surface area contributed by atoms with E-state index in [0.29, 0.717) is 18.5 Å². The molecule has 2 N–H and O–H groups in total. The van der Waals surface area contributed by atoms with Gasteiger partial charge in [-0.3, -0.25) is 9.59 Å². The van der Waals surface area contributed by atoms with Gasteiger partial charge in [0.2, 0.25) is 5.91 Å². The fourth-order valence-electron chi connectivity index (χ4n) is 4.57. The summed E-state index contributed by atoms with van der Waals surface area (Å²) in [5.41, 5.74) is 3.80. The molecule has 2 amide bonds. The van der Waals surface area contributed by atoms with Crippen molar-refractivity contribution in [2.75, 3.05) is 31.5 Å². The Kier molecular flexibility index (Phi) is 7.91. The first-order valence-corrected chi connectivity index (χ1v) is 12.3. The van der Waals surface area contributed by atoms with Crippen molar-refractivity contribution in [2.24, 2.45) is 5.92 Å². The zero-order valence-electron chi connectivity index (χ0n) is 20.1. The number of rotatable bonds is 8. The van der Waals surface area contributed by atoms with Crippen LogP contribution in [0.5, 0.6) is 0 Å². The van der Waals surface area contributed by atoms with Crippen LogP contribution in [0.2, 0.25) is 0 Å². The lowest BCUT2D eigenvalue weighted by molar-refractivity contribution is -0.115. The maximum absolute atomic E-state index is 13.2. The molecule has 1 fully saturated rings. The van der Waals surface area contributed by atoms with Gasteiger partial charge < -0.3 is 15.5 Å². The summed E-state index contributed by atoms with van der Waals surface area (Å²) in [6, 6.07) is 17.2. The minimum absolute atomic E-state index is 0.0228. The molecule has 1 aliphatic heterocycles. The average Bonchev–Trinajstić information content (AvgIpc) is 2.86. The van der Waals surface area contributed by atoms with E-state index >= 15 is 0 Å². The van der Waals surface area contributed by atoms with Gasteiger partial charge in [0.15, 0.2) is 0 Å². The number of para-hydroxylation sites is 1. The number of anilines is 1. The maximum Gasteiger partial charge on any atom is 0.252 e. The molecule has 3 aromatic rings. The van der Waals surface area contributed by atoms with Crippen LogP contribution in [-0.4, -0.2) is 47.9 Å². The third kappa shape index (κ3) is 6.00. The van der Waals surface area contributed by atoms with Crippen LogP contribution in [0.3, 0.4) is 0 Å². The van der Waals surface area contributed by atoms with E-state index < -0.39 is 0 Å². The predicted octanol–water partition coefficient (Wildman–Crippen LogP) is 5.10. The molecule has 1 saturated heterocycles. The van der Waals surface area contributed by atoms with Gasteiger partial charge in [0, 0.05) is 36.1 Å². The Hall–Kier alpha value is -3.25. The first-order chi connectivity index (χ1) is 16.5. The topological polar surface area (TPSA) is 74.3 Å². The smallest absolute Gasteiger partial charge is 0.252 e. The molecule has 4 rings (SSSR count). The number of hydrogen-bond acceptors (Lipinski definition) is 4. The van der Waals surface area contributed by atoms with E-state index in [9.17, 15) is 9.59 Å². The molecule has 0 unspecified atom stereocenters. The highest BCUT2D eigenvalue weighted by atomic mass is 16.2. The van der Waals surface area contributed by atoms with E-state index in [4.69, 9.17) is 4.98 Å². The fraction of sp³-hybridized carbons (Fsp3) is 0.393. The Morgan fingerprint density at radius 3 is 2.68 bits per heavy atom. The Morgan fingerprint density at radius 1 is 1.12 bits per heavy atom. The number of benzene rings is 2. The number of amides is 2. The largest absolute Gasteiger partial charge is 0.352 e. The molecular formula is C28H34N4O2. The van der Waals surface area contributed by atoms with Crippen molar-refractivity contribution in [3.8, 4) is 11.3 Å². The SMILES string of the molecule is CCC(=O)Nc1ccc(-c2cc(C(=O)NCCCN3CCC[C@H](C)C3)c3ccccc3n2)cc1. The number of fused-ring (bicyclic) bond motifs is 1. The second kappa shape index (κ2) is 11.3. The number of pyridine rings is 1. The molecule has 178 valence electrons. The number of nitrogens with zero attached hydrogens (tertiary/aromatic N) is 2. The quantitative estimate of drug-likeness (QED) is 0.461. The molecule has 6 heteroatoms. The minimum atomic E-state index is -0.0707. The normalized spacial score (nSPS) is 16.4. The van der Waals surface area contributed by atoms with Crippen LogP contribution in [-0.2, 0) is 4.79 Å². The van der Waals surface area contributed by atoms with E-state index in [1.54, 1.807) is 0 Å². The number of likely N-dealkylation sites (tertiary alicyclic amines) is 1. The monoisotopic (exact) mass is 458 g/mol. The summed E-state index contributed by atoms with van der Waals surface area (Å²) in [5.74, 6) is 0.672. The van der Waals surface area contributed by atoms with E-state index in [-0.39, 0.29) is 11.8 Å². The van der Waals surface area contributed by atoms with Crippen LogP contribution in [0.4, 0.5) is 5.69 Å². The molecule has 1 aromatic heterocycles. The third-order valence-corrected chi connectivity index (χ3v) is 6.42. The minimum Gasteiger partial charge on any atom is -0.352 e. The summed E-state index contributed by atoms with van der Waals surface area (Å²) in [6.45, 7) is 8.14. The number of aromatic nitrogens is 1. The highest BCUT2D eigenvalue weighted by Crippen LogP contribution is 2.26. The van der Waals surface area contributed by atoms with Crippen LogP contribution in [0.25, 0.3) is 22.2 Å². The molecule has 1 atom stereocenters. The molecule has 0 radical (unpaired) electrons. The van der Waals surface area contributed by atoms with Crippen molar-refractivity contribution in [1.82, 2.24) is 15.2 Å². The van der Waals surface area contributed by atoms with Crippen LogP contribution < -0.4 is 10.6 Å². The molecule has 2 aromatic carbocycles. The van der Waals surface area contributed by atoms with Crippen molar-refractivity contribution >= 4 is 28.4 Å². The lowest BCUT2D eigenvalue weighted by Crippen LogP contribution is -2.36. The van der Waals surface area contributed by atoms with Crippen molar-refractivity contribution in [2.45, 2.75) is 39.5 Å². The highest BCUT2D eigenvalue weighted by Gasteiger charge is 2.17. The molecule has 0 spiro atoms. The second-order valence-corrected chi connectivity index (χ2v) is 9.21. The molecule has 0 bridgehead atoms. The first-order valence-electron chi connectivity index (χ1n) is 12.3. The van der Waals surface area contributed by atoms with Gasteiger partial charge in [0.25, 0.3) is 5.91 Å². The van der Waals surface area contributed by atoms with Gasteiger partial charge in [-0.2, -0.15) is 0 Å². The van der Waals surface area contributed by atoms with Gasteiger partial charge in [0.1, 0.15) is 0 Å². The number of nitrogens with one attached hydrogen (secondary N) is 2. The zero-order valence-corrected chi connectivity index (χ0v) is 20.1. The van der Waals surface area contributed by atoms with Crippen molar-refractivity contribution in [3.63, 3.8) is 0 Å². The summed E-state index contributed by atoms with van der Waals surface area (Å²) in [5, 5.41) is 6.82. The summed E-state index contributed by atoms with van der Waals surface area (Å²) < 4.78 is 0. The first kappa shape index (κ1) is 23.9. The molecule has 0 saturated carbocycles. The van der Waals surface area contributed by atoms with Crippen LogP contribution in [0.1, 0.15) is 49.9 Å². The van der Waals surface area contributed by atoms with Gasteiger partial charge in [-0.05, 0) is 62.5 Å². The highest BCUT2D eigenvalue weighted by molar-refractivity contribution is 6.07. The molecule has 34 heavy (non-hydrogen) atoms. The lowest BCUT2D eigenvalue weighted by Gasteiger charge is -2.30. The van der Waals surface area contributed by atoms with Crippen LogP contribution in [0.15, 0.2) is 54.6 Å². The average molecular weight is 459 g/mol. The van der Waals surface area contributed by atoms with Crippen LogP contribution >= 0.6 is 0 Å². The van der Waals surface area contributed by atoms with Gasteiger partial charge in [-0.1, -0.05) is 44.2 Å². The molecule has 1 aliphatic rings. The number of carbonyl (C=O) groups is 2. The van der Waals surface area contributed by atoms with Gasteiger partial charge in [-0.15, -0.1) is 0 Å². The standard InChI is InChI=1S/C28H34N4O2/c1-3-27(33)30-22-13-11-21(12-14-22)26-18-24(23-9-4-5-10-25(23)31-26)28(34)29-15-7-17-32-16-6-8-20(2)19-32/h4-5,9-14,18,20H,3,6-8,15-17,19H2,1-2H3,(H,29,34)(H,30,33)/t20-/m0/s1. The maximum atomic E-state index is 13.2. The predicted molar refractivity (Wildman–Crippen MR) is 138 cm³/mol. The summed E-state index contributed by atoms with van der Waals surface area (Å²) in [4.78, 5) is 32.1. The Balaban J connectivity index is 1.47. The molecule has 2 heterocycles. The lowest BCUT2D eigenvalue weighted by atomic mass is 10.0. The Labute approximate surface area is 201 Å². The summed E-state index contributed by atoms with van der Waals surface area (Å²) in [6.07, 6.45) is 3.97. The van der Waals surface area contributed by atoms with Crippen LogP contribution in [0, 0.1) is 5.92 Å². The van der Waals surface area contributed by atoms with Gasteiger partial charge in [0.05, 0.1) is 16.8 Å². The third-order valence-electron chi connectivity index (χ3n) is 6.42. The number of carbonyl (C=O) groups excluding carboxylic acids is 2. The Morgan fingerprint density at radius 2 is 1.91 bits per heavy atom. The Bertz CT molecular complexity index is 1140. The van der Waals surface area contributed by atoms with E-state index in [0.717, 1.165) is 59.8 Å². The summed E-state index contributed by atoms with van der Waals surface area (Å²) in [7, 11) is 0. The second-order valence-electron chi connectivity index (χ2n) is 9.21. The van der Waals surface area contributed by atoms with E-state index in [1.807, 2.05) is 61.5 Å². The van der Waals surface area contributed by atoms with Crippen molar-refractivity contribution in [1.29, 1.82) is 0 Å². The van der Waals surface area contributed by atoms with Crippen molar-refractivity contribution in [3.05, 3.63) is 60.2 Å².